The Morgan fingerprint density at radius 2 is 1.90 bits per heavy atom. The molecule has 10 heteroatoms. The number of fused-ring (bicyclic) bond motifs is 1. The first-order valence-electron chi connectivity index (χ1n) is 12.3. The van der Waals surface area contributed by atoms with Crippen molar-refractivity contribution in [3.8, 4) is 28.5 Å². The van der Waals surface area contributed by atoms with Gasteiger partial charge in [-0.25, -0.2) is 16.8 Å². The van der Waals surface area contributed by atoms with Crippen molar-refractivity contribution in [2.45, 2.75) is 17.2 Å². The van der Waals surface area contributed by atoms with Crippen molar-refractivity contribution in [3.05, 3.63) is 99.5 Å². The minimum absolute atomic E-state index is 0.000790. The van der Waals surface area contributed by atoms with Gasteiger partial charge in [0.1, 0.15) is 16.8 Å². The van der Waals surface area contributed by atoms with Gasteiger partial charge in [0.2, 0.25) is 0 Å². The molecule has 1 saturated carbocycles. The molecule has 200 valence electrons. The van der Waals surface area contributed by atoms with Crippen LogP contribution in [0.4, 0.5) is 4.39 Å². The molecule has 0 saturated heterocycles. The summed E-state index contributed by atoms with van der Waals surface area (Å²) in [4.78, 5) is 12.5. The molecule has 0 amide bonds. The van der Waals surface area contributed by atoms with Gasteiger partial charge in [0.25, 0.3) is 10.0 Å². The van der Waals surface area contributed by atoms with Gasteiger partial charge in [0.15, 0.2) is 0 Å². The number of aromatic nitrogens is 1. The number of ether oxygens (including phenoxy) is 1. The minimum atomic E-state index is -4.23. The predicted octanol–water partition coefficient (Wildman–Crippen LogP) is 7.21. The van der Waals surface area contributed by atoms with Crippen LogP contribution >= 0.6 is 22.9 Å². The molecule has 1 aliphatic carbocycles. The second-order valence-electron chi connectivity index (χ2n) is 9.48. The molecule has 6 nitrogen and oxygen atoms in total. The molecule has 0 radical (unpaired) electrons. The van der Waals surface area contributed by atoms with Crippen molar-refractivity contribution in [1.29, 1.82) is 5.26 Å². The van der Waals surface area contributed by atoms with E-state index in [-0.39, 0.29) is 28.2 Å². The maximum absolute atomic E-state index is 14.7. The molecular weight excluding hydrogens is 571 g/mol. The third-order valence-corrected chi connectivity index (χ3v) is 9.96. The lowest BCUT2D eigenvalue weighted by Crippen LogP contribution is -2.14. The molecule has 2 unspecified atom stereocenters. The lowest BCUT2D eigenvalue weighted by molar-refractivity contribution is -0.142. The van der Waals surface area contributed by atoms with E-state index >= 15 is 0 Å². The topological polar surface area (TPSA) is 89.2 Å². The maximum atomic E-state index is 14.7. The van der Waals surface area contributed by atoms with Crippen LogP contribution in [0.1, 0.15) is 22.8 Å². The van der Waals surface area contributed by atoms with Gasteiger partial charge in [-0.15, -0.1) is 11.3 Å². The van der Waals surface area contributed by atoms with E-state index in [0.717, 1.165) is 5.56 Å². The summed E-state index contributed by atoms with van der Waals surface area (Å²) < 4.78 is 49.4. The SMILES string of the molecule is COC(=O)C1CC1c1cccc(-c2c(-c3ccsc3C#N)c3cc(F)ccc3n2S(=O)(=O)c2ccc(Cl)cc2)c1. The Morgan fingerprint density at radius 3 is 2.62 bits per heavy atom. The fraction of sp³-hybridized carbons (Fsp3) is 0.133. The number of carbonyl (C=O) groups excluding carboxylic acids is 1. The number of rotatable bonds is 6. The second-order valence-corrected chi connectivity index (χ2v) is 12.6. The van der Waals surface area contributed by atoms with E-state index in [1.54, 1.807) is 23.6 Å². The highest BCUT2D eigenvalue weighted by Crippen LogP contribution is 2.50. The van der Waals surface area contributed by atoms with Crippen molar-refractivity contribution in [3.63, 3.8) is 0 Å². The molecule has 0 bridgehead atoms. The van der Waals surface area contributed by atoms with Gasteiger partial charge in [-0.3, -0.25) is 4.79 Å². The van der Waals surface area contributed by atoms with Gasteiger partial charge >= 0.3 is 5.97 Å². The zero-order chi connectivity index (χ0) is 28.2. The highest BCUT2D eigenvalue weighted by Gasteiger charge is 2.45. The Morgan fingerprint density at radius 1 is 1.12 bits per heavy atom. The van der Waals surface area contributed by atoms with Gasteiger partial charge in [-0.1, -0.05) is 29.8 Å². The number of benzene rings is 3. The number of esters is 1. The van der Waals surface area contributed by atoms with E-state index in [1.165, 1.54) is 64.9 Å². The van der Waals surface area contributed by atoms with Crippen LogP contribution in [0.5, 0.6) is 0 Å². The van der Waals surface area contributed by atoms with Crippen LogP contribution in [0.3, 0.4) is 0 Å². The molecule has 0 spiro atoms. The van der Waals surface area contributed by atoms with Crippen LogP contribution < -0.4 is 0 Å². The van der Waals surface area contributed by atoms with Crippen molar-refractivity contribution < 1.29 is 22.3 Å². The molecule has 6 rings (SSSR count). The summed E-state index contributed by atoms with van der Waals surface area (Å²) >= 11 is 7.26. The van der Waals surface area contributed by atoms with Crippen LogP contribution in [0, 0.1) is 23.1 Å². The molecule has 2 aromatic heterocycles. The molecule has 1 fully saturated rings. The maximum Gasteiger partial charge on any atom is 0.309 e. The Kier molecular flexibility index (Phi) is 6.50. The third kappa shape index (κ3) is 4.29. The third-order valence-electron chi connectivity index (χ3n) is 7.16. The number of hydrogen-bond acceptors (Lipinski definition) is 6. The molecule has 40 heavy (non-hydrogen) atoms. The highest BCUT2D eigenvalue weighted by atomic mass is 35.5. The quantitative estimate of drug-likeness (QED) is 0.195. The van der Waals surface area contributed by atoms with Crippen molar-refractivity contribution in [2.24, 2.45) is 5.92 Å². The molecule has 1 aliphatic rings. The first kappa shape index (κ1) is 26.3. The summed E-state index contributed by atoms with van der Waals surface area (Å²) in [7, 11) is -2.87. The number of hydrogen-bond donors (Lipinski definition) is 0. The van der Waals surface area contributed by atoms with Crippen molar-refractivity contribution in [2.75, 3.05) is 7.11 Å². The lowest BCUT2D eigenvalue weighted by Gasteiger charge is -2.15. The zero-order valence-electron chi connectivity index (χ0n) is 21.0. The number of halogens is 2. The highest BCUT2D eigenvalue weighted by molar-refractivity contribution is 7.90. The van der Waals surface area contributed by atoms with Gasteiger partial charge in [-0.2, -0.15) is 5.26 Å². The molecule has 3 aromatic carbocycles. The summed E-state index contributed by atoms with van der Waals surface area (Å²) in [5, 5.41) is 12.3. The Hall–Kier alpha value is -3.97. The van der Waals surface area contributed by atoms with Gasteiger partial charge in [0, 0.05) is 27.1 Å². The van der Waals surface area contributed by atoms with Crippen LogP contribution in [0.2, 0.25) is 5.02 Å². The fourth-order valence-electron chi connectivity index (χ4n) is 5.22. The number of carbonyl (C=O) groups is 1. The molecule has 0 aliphatic heterocycles. The number of thiophene rings is 1. The second kappa shape index (κ2) is 9.89. The Labute approximate surface area is 238 Å². The molecule has 2 atom stereocenters. The summed E-state index contributed by atoms with van der Waals surface area (Å²) in [5.41, 5.74) is 2.90. The van der Waals surface area contributed by atoms with Crippen molar-refractivity contribution in [1.82, 2.24) is 3.97 Å². The van der Waals surface area contributed by atoms with Crippen LogP contribution in [-0.2, 0) is 19.6 Å². The van der Waals surface area contributed by atoms with Gasteiger partial charge in [0.05, 0.1) is 29.1 Å². The largest absolute Gasteiger partial charge is 0.469 e. The smallest absolute Gasteiger partial charge is 0.309 e. The Balaban J connectivity index is 1.69. The summed E-state index contributed by atoms with van der Waals surface area (Å²) in [5.74, 6) is -1.15. The number of nitrogens with zero attached hydrogens (tertiary/aromatic N) is 2. The lowest BCUT2D eigenvalue weighted by atomic mass is 9.97. The van der Waals surface area contributed by atoms with Crippen LogP contribution in [0.15, 0.2) is 83.1 Å². The van der Waals surface area contributed by atoms with Crippen LogP contribution in [0.25, 0.3) is 33.3 Å². The summed E-state index contributed by atoms with van der Waals surface area (Å²) in [6, 6.07) is 21.0. The van der Waals surface area contributed by atoms with E-state index in [0.29, 0.717) is 44.1 Å². The first-order valence-corrected chi connectivity index (χ1v) is 15.0. The Bertz CT molecular complexity index is 1960. The number of nitriles is 1. The number of methoxy groups -OCH3 is 1. The average molecular weight is 591 g/mol. The van der Waals surface area contributed by atoms with E-state index in [4.69, 9.17) is 16.3 Å². The average Bonchev–Trinajstić information content (AvgIpc) is 3.50. The van der Waals surface area contributed by atoms with E-state index in [1.807, 2.05) is 12.1 Å². The summed E-state index contributed by atoms with van der Waals surface area (Å²) in [6.07, 6.45) is 0.628. The molecular formula is C30H20ClFN2O4S2. The van der Waals surface area contributed by atoms with E-state index < -0.39 is 15.8 Å². The normalized spacial score (nSPS) is 16.6. The monoisotopic (exact) mass is 590 g/mol. The molecule has 5 aromatic rings. The zero-order valence-corrected chi connectivity index (χ0v) is 23.4. The predicted molar refractivity (Wildman–Crippen MR) is 152 cm³/mol. The molecule has 0 N–H and O–H groups in total. The van der Waals surface area contributed by atoms with Gasteiger partial charge in [-0.05, 0) is 77.9 Å². The fourth-order valence-corrected chi connectivity index (χ4v) is 7.58. The molecule has 2 heterocycles. The van der Waals surface area contributed by atoms with E-state index in [2.05, 4.69) is 6.07 Å². The minimum Gasteiger partial charge on any atom is -0.469 e. The standard InChI is InChI=1S/C30H20ClFN2O4S2/c1-38-30(35)24-15-23(24)17-3-2-4-18(13-17)29-28(22-11-12-39-27(22)16-33)25-14-20(32)7-10-26(25)34(29)40(36,37)21-8-5-19(31)6-9-21/h2-14,23-24H,15H2,1H3. The summed E-state index contributed by atoms with van der Waals surface area (Å²) in [6.45, 7) is 0. The van der Waals surface area contributed by atoms with Crippen LogP contribution in [-0.4, -0.2) is 25.5 Å². The van der Waals surface area contributed by atoms with Crippen molar-refractivity contribution >= 4 is 49.8 Å². The van der Waals surface area contributed by atoms with E-state index in [9.17, 15) is 22.9 Å². The first-order chi connectivity index (χ1) is 19.2. The van der Waals surface area contributed by atoms with Gasteiger partial charge < -0.3 is 4.74 Å².